The molecule has 7 amide bonds. The van der Waals surface area contributed by atoms with Crippen molar-refractivity contribution in [3.63, 3.8) is 0 Å². The van der Waals surface area contributed by atoms with Gasteiger partial charge < -0.3 is 20.3 Å². The van der Waals surface area contributed by atoms with Crippen LogP contribution in [0, 0.1) is 11.8 Å². The lowest BCUT2D eigenvalue weighted by Crippen LogP contribution is -2.52. The highest BCUT2D eigenvalue weighted by Gasteiger charge is 2.50. The van der Waals surface area contributed by atoms with Gasteiger partial charge in [0, 0.05) is 17.7 Å². The van der Waals surface area contributed by atoms with Crippen molar-refractivity contribution in [2.75, 3.05) is 13.7 Å². The molecule has 2 fully saturated rings. The molecule has 0 saturated carbocycles. The summed E-state index contributed by atoms with van der Waals surface area (Å²) in [7, 11) is 1.51. The van der Waals surface area contributed by atoms with Gasteiger partial charge in [0.15, 0.2) is 11.1 Å². The maximum Gasteiger partial charge on any atom is 0.323 e. The lowest BCUT2D eigenvalue weighted by atomic mass is 9.88. The van der Waals surface area contributed by atoms with Crippen LogP contribution in [0.25, 0.3) is 0 Å². The lowest BCUT2D eigenvalue weighted by Gasteiger charge is -2.31. The number of imide groups is 2. The Morgan fingerprint density at radius 2 is 1.64 bits per heavy atom. The van der Waals surface area contributed by atoms with E-state index in [-0.39, 0.29) is 19.0 Å². The molecule has 5 rings (SSSR count). The van der Waals surface area contributed by atoms with Crippen LogP contribution in [0.2, 0.25) is 0 Å². The fraction of sp³-hybridized carbons (Fsp3) is 0.240. The van der Waals surface area contributed by atoms with Crippen LogP contribution < -0.4 is 26.0 Å². The third-order valence-electron chi connectivity index (χ3n) is 6.44. The highest BCUT2D eigenvalue weighted by atomic mass is 16.5. The quantitative estimate of drug-likeness (QED) is 0.361. The molecule has 0 bridgehead atoms. The molecule has 0 aliphatic carbocycles. The molecule has 0 spiro atoms. The third-order valence-corrected chi connectivity index (χ3v) is 6.44. The van der Waals surface area contributed by atoms with Crippen molar-refractivity contribution in [3.05, 3.63) is 64.7 Å². The van der Waals surface area contributed by atoms with Gasteiger partial charge in [-0.05, 0) is 42.3 Å². The van der Waals surface area contributed by atoms with E-state index in [1.54, 1.807) is 42.5 Å². The van der Waals surface area contributed by atoms with Gasteiger partial charge in [0.2, 0.25) is 0 Å². The zero-order valence-electron chi connectivity index (χ0n) is 19.4. The van der Waals surface area contributed by atoms with Crippen molar-refractivity contribution in [2.24, 2.45) is 0 Å². The Balaban J connectivity index is 1.42. The third kappa shape index (κ3) is 3.69. The number of nitrogens with one attached hydrogen (secondary N) is 4. The maximum absolute atomic E-state index is 13.1. The molecule has 182 valence electrons. The van der Waals surface area contributed by atoms with E-state index in [2.05, 4.69) is 33.1 Å². The molecule has 36 heavy (non-hydrogen) atoms. The summed E-state index contributed by atoms with van der Waals surface area (Å²) in [4.78, 5) is 63.1. The number of fused-ring (bicyclic) bond motifs is 1. The Kier molecular flexibility index (Phi) is 5.17. The van der Waals surface area contributed by atoms with Crippen LogP contribution in [0.15, 0.2) is 42.5 Å². The fourth-order valence-corrected chi connectivity index (χ4v) is 4.45. The normalized spacial score (nSPS) is 24.4. The van der Waals surface area contributed by atoms with Gasteiger partial charge in [-0.3, -0.25) is 25.0 Å². The second-order valence-corrected chi connectivity index (χ2v) is 8.86. The van der Waals surface area contributed by atoms with Crippen molar-refractivity contribution in [1.82, 2.24) is 26.2 Å². The molecule has 3 aliphatic heterocycles. The molecule has 2 aromatic rings. The van der Waals surface area contributed by atoms with Crippen LogP contribution >= 0.6 is 0 Å². The van der Waals surface area contributed by atoms with Crippen LogP contribution in [-0.4, -0.2) is 53.9 Å². The molecule has 0 unspecified atom stereocenters. The largest absolute Gasteiger partial charge is 0.497 e. The average molecular weight is 487 g/mol. The van der Waals surface area contributed by atoms with E-state index < -0.39 is 35.0 Å². The first-order chi connectivity index (χ1) is 17.1. The molecule has 2 atom stereocenters. The summed E-state index contributed by atoms with van der Waals surface area (Å²) in [5, 5.41) is 9.56. The second-order valence-electron chi connectivity index (χ2n) is 8.86. The first kappa shape index (κ1) is 22.9. The summed E-state index contributed by atoms with van der Waals surface area (Å²) in [5.74, 6) is 4.74. The van der Waals surface area contributed by atoms with E-state index in [9.17, 15) is 24.0 Å². The van der Waals surface area contributed by atoms with E-state index in [1.807, 2.05) is 0 Å². The first-order valence-corrected chi connectivity index (χ1v) is 11.0. The molecule has 0 aromatic heterocycles. The number of methoxy groups -OCH3 is 1. The Labute approximate surface area is 205 Å². The van der Waals surface area contributed by atoms with E-state index in [0.717, 1.165) is 5.56 Å². The summed E-state index contributed by atoms with van der Waals surface area (Å²) >= 11 is 0. The molecular weight excluding hydrogens is 466 g/mol. The minimum absolute atomic E-state index is 0.0876. The molecule has 4 N–H and O–H groups in total. The Bertz CT molecular complexity index is 1410. The Morgan fingerprint density at radius 1 is 0.944 bits per heavy atom. The van der Waals surface area contributed by atoms with Gasteiger partial charge in [0.1, 0.15) is 5.75 Å². The number of hydrogen-bond acceptors (Lipinski definition) is 6. The highest BCUT2D eigenvalue weighted by Crippen LogP contribution is 2.32. The maximum atomic E-state index is 13.1. The highest BCUT2D eigenvalue weighted by molar-refractivity contribution is 6.09. The van der Waals surface area contributed by atoms with Gasteiger partial charge in [-0.1, -0.05) is 30.0 Å². The summed E-state index contributed by atoms with van der Waals surface area (Å²) in [6.45, 7) is 1.68. The van der Waals surface area contributed by atoms with E-state index in [4.69, 9.17) is 4.74 Å². The van der Waals surface area contributed by atoms with Crippen molar-refractivity contribution in [3.8, 4) is 17.6 Å². The van der Waals surface area contributed by atoms with Crippen LogP contribution in [0.1, 0.15) is 34.0 Å². The first-order valence-electron chi connectivity index (χ1n) is 11.0. The van der Waals surface area contributed by atoms with Crippen molar-refractivity contribution in [1.29, 1.82) is 0 Å². The van der Waals surface area contributed by atoms with E-state index in [0.29, 0.717) is 22.4 Å². The SMILES string of the molecule is COc1ccc2c(c1)C(=O)N(C[C@]1(c3ccc(C#C[C@]4(C)NC(=O)NC4=O)cc3)NC(=O)NC1=O)C2. The van der Waals surface area contributed by atoms with E-state index in [1.165, 1.54) is 18.9 Å². The number of urea groups is 2. The monoisotopic (exact) mass is 487 g/mol. The molecule has 3 aliphatic rings. The summed E-state index contributed by atoms with van der Waals surface area (Å²) < 4.78 is 5.21. The van der Waals surface area contributed by atoms with Crippen LogP contribution in [-0.2, 0) is 21.7 Å². The predicted octanol–water partition coefficient (Wildman–Crippen LogP) is 0.336. The summed E-state index contributed by atoms with van der Waals surface area (Å²) in [6, 6.07) is 10.4. The number of amides is 7. The summed E-state index contributed by atoms with van der Waals surface area (Å²) in [5.41, 5.74) is -0.610. The van der Waals surface area contributed by atoms with Gasteiger partial charge in [0.25, 0.3) is 17.7 Å². The molecule has 0 radical (unpaired) electrons. The van der Waals surface area contributed by atoms with Crippen LogP contribution in [0.4, 0.5) is 9.59 Å². The Hall–Kier alpha value is -4.85. The molecular formula is C25H21N5O6. The van der Waals surface area contributed by atoms with Crippen molar-refractivity contribution in [2.45, 2.75) is 24.5 Å². The summed E-state index contributed by atoms with van der Waals surface area (Å²) in [6.07, 6.45) is 0. The van der Waals surface area contributed by atoms with Crippen molar-refractivity contribution >= 4 is 29.8 Å². The number of carbonyl (C=O) groups is 5. The number of ether oxygens (including phenoxy) is 1. The Morgan fingerprint density at radius 3 is 2.25 bits per heavy atom. The molecule has 11 nitrogen and oxygen atoms in total. The standard InChI is InChI=1S/C25H21N5O6/c1-24(20(32)26-22(34)28-24)10-9-14-3-6-16(7-4-14)25(21(33)27-23(35)29-25)13-30-12-15-5-8-17(36-2)11-18(15)19(30)31/h3-8,11H,12-13H2,1-2H3,(H2,26,28,32,34)(H2,27,29,33,35)/t24-,25+/m0/s1. The smallest absolute Gasteiger partial charge is 0.323 e. The number of rotatable bonds is 4. The van der Waals surface area contributed by atoms with Gasteiger partial charge in [-0.25, -0.2) is 9.59 Å². The number of benzene rings is 2. The minimum Gasteiger partial charge on any atom is -0.497 e. The fourth-order valence-electron chi connectivity index (χ4n) is 4.45. The van der Waals surface area contributed by atoms with Crippen LogP contribution in [0.5, 0.6) is 5.75 Å². The van der Waals surface area contributed by atoms with Gasteiger partial charge >= 0.3 is 12.1 Å². The van der Waals surface area contributed by atoms with Crippen molar-refractivity contribution < 1.29 is 28.7 Å². The minimum atomic E-state index is -1.50. The predicted molar refractivity (Wildman–Crippen MR) is 124 cm³/mol. The zero-order chi connectivity index (χ0) is 25.7. The number of carbonyl (C=O) groups excluding carboxylic acids is 5. The number of hydrogen-bond donors (Lipinski definition) is 4. The molecule has 11 heteroatoms. The topological polar surface area (TPSA) is 146 Å². The van der Waals surface area contributed by atoms with Crippen LogP contribution in [0.3, 0.4) is 0 Å². The molecule has 2 aromatic carbocycles. The van der Waals surface area contributed by atoms with E-state index >= 15 is 0 Å². The van der Waals surface area contributed by atoms with Gasteiger partial charge in [-0.15, -0.1) is 0 Å². The molecule has 3 heterocycles. The average Bonchev–Trinajstić information content (AvgIpc) is 3.42. The zero-order valence-corrected chi connectivity index (χ0v) is 19.4. The van der Waals surface area contributed by atoms with Gasteiger partial charge in [0.05, 0.1) is 13.7 Å². The molecule has 2 saturated heterocycles. The second kappa shape index (κ2) is 8.13. The number of nitrogens with zero attached hydrogens (tertiary/aromatic N) is 1. The lowest BCUT2D eigenvalue weighted by molar-refractivity contribution is -0.125. The van der Waals surface area contributed by atoms with Gasteiger partial charge in [-0.2, -0.15) is 0 Å².